The molecule has 26 heavy (non-hydrogen) atoms. The van der Waals surface area contributed by atoms with Gasteiger partial charge >= 0.3 is 6.03 Å². The Balaban J connectivity index is 1.61. The van der Waals surface area contributed by atoms with E-state index in [4.69, 9.17) is 0 Å². The average Bonchev–Trinajstić information content (AvgIpc) is 2.92. The van der Waals surface area contributed by atoms with Crippen LogP contribution in [0.25, 0.3) is 0 Å². The van der Waals surface area contributed by atoms with Gasteiger partial charge in [0.2, 0.25) is 15.9 Å². The van der Waals surface area contributed by atoms with Crippen LogP contribution in [0.15, 0.2) is 24.3 Å². The highest BCUT2D eigenvalue weighted by molar-refractivity contribution is 7.88. The van der Waals surface area contributed by atoms with Crippen LogP contribution in [0, 0.1) is 0 Å². The largest absolute Gasteiger partial charge is 0.339 e. The van der Waals surface area contributed by atoms with E-state index >= 15 is 0 Å². The number of piperidine rings is 1. The second kappa shape index (κ2) is 7.04. The molecule has 4 amide bonds. The fourth-order valence-electron chi connectivity index (χ4n) is 3.12. The van der Waals surface area contributed by atoms with Crippen molar-refractivity contribution in [2.75, 3.05) is 30.8 Å². The van der Waals surface area contributed by atoms with E-state index in [1.54, 1.807) is 29.2 Å². The number of urea groups is 1. The number of rotatable bonds is 4. The Morgan fingerprint density at radius 2 is 1.77 bits per heavy atom. The van der Waals surface area contributed by atoms with Crippen LogP contribution in [0.3, 0.4) is 0 Å². The number of sulfonamides is 1. The Morgan fingerprint density at radius 3 is 2.27 bits per heavy atom. The SMILES string of the molecule is CS(=O)(=O)NC1CCN(C(=O)c2ccc(N3CC(=O)NC3=O)cc2)CC1. The molecule has 1 aromatic carbocycles. The van der Waals surface area contributed by atoms with Crippen LogP contribution in [-0.4, -0.2) is 63.1 Å². The molecule has 0 saturated carbocycles. The molecule has 2 N–H and O–H groups in total. The second-order valence-corrected chi connectivity index (χ2v) is 8.22. The van der Waals surface area contributed by atoms with Gasteiger partial charge in [-0.05, 0) is 37.1 Å². The Labute approximate surface area is 151 Å². The van der Waals surface area contributed by atoms with Gasteiger partial charge in [-0.3, -0.25) is 19.8 Å². The molecule has 0 aliphatic carbocycles. The number of likely N-dealkylation sites (tertiary alicyclic amines) is 1. The maximum atomic E-state index is 12.6. The zero-order chi connectivity index (χ0) is 18.9. The van der Waals surface area contributed by atoms with Gasteiger partial charge in [0.25, 0.3) is 5.91 Å². The number of benzene rings is 1. The smallest absolute Gasteiger partial charge is 0.329 e. The molecule has 0 atom stereocenters. The van der Waals surface area contributed by atoms with Crippen LogP contribution >= 0.6 is 0 Å². The van der Waals surface area contributed by atoms with Crippen molar-refractivity contribution in [1.29, 1.82) is 0 Å². The van der Waals surface area contributed by atoms with Crippen LogP contribution in [0.1, 0.15) is 23.2 Å². The van der Waals surface area contributed by atoms with Gasteiger partial charge in [0.05, 0.1) is 6.26 Å². The molecule has 0 aromatic heterocycles. The van der Waals surface area contributed by atoms with Crippen LogP contribution in [0.2, 0.25) is 0 Å². The minimum atomic E-state index is -3.25. The molecule has 0 bridgehead atoms. The third-order valence-corrected chi connectivity index (χ3v) is 5.14. The summed E-state index contributed by atoms with van der Waals surface area (Å²) in [5.41, 5.74) is 1.02. The van der Waals surface area contributed by atoms with E-state index < -0.39 is 16.1 Å². The van der Waals surface area contributed by atoms with E-state index in [-0.39, 0.29) is 24.4 Å². The Morgan fingerprint density at radius 1 is 1.15 bits per heavy atom. The van der Waals surface area contributed by atoms with Gasteiger partial charge in [0, 0.05) is 30.4 Å². The van der Waals surface area contributed by atoms with Crippen LogP contribution < -0.4 is 14.9 Å². The number of carbonyl (C=O) groups excluding carboxylic acids is 3. The highest BCUT2D eigenvalue weighted by Crippen LogP contribution is 2.20. The summed E-state index contributed by atoms with van der Waals surface area (Å²) in [4.78, 5) is 38.5. The Hall–Kier alpha value is -2.46. The summed E-state index contributed by atoms with van der Waals surface area (Å²) in [5.74, 6) is -0.503. The van der Waals surface area contributed by atoms with Crippen molar-refractivity contribution in [2.24, 2.45) is 0 Å². The van der Waals surface area contributed by atoms with E-state index in [0.717, 1.165) is 6.26 Å². The fraction of sp³-hybridized carbons (Fsp3) is 0.438. The molecule has 1 aromatic rings. The quantitative estimate of drug-likeness (QED) is 0.708. The van der Waals surface area contributed by atoms with Gasteiger partial charge in [-0.25, -0.2) is 17.9 Å². The highest BCUT2D eigenvalue weighted by Gasteiger charge is 2.29. The molecular weight excluding hydrogens is 360 g/mol. The van der Waals surface area contributed by atoms with Crippen molar-refractivity contribution in [3.05, 3.63) is 29.8 Å². The molecule has 0 spiro atoms. The maximum absolute atomic E-state index is 12.6. The molecule has 140 valence electrons. The van der Waals surface area contributed by atoms with Gasteiger partial charge in [-0.15, -0.1) is 0 Å². The summed E-state index contributed by atoms with van der Waals surface area (Å²) < 4.78 is 25.1. The molecule has 2 aliphatic heterocycles. The summed E-state index contributed by atoms with van der Waals surface area (Å²) in [6, 6.07) is 5.87. The molecule has 3 rings (SSSR count). The number of carbonyl (C=O) groups is 3. The normalized spacial score (nSPS) is 19.0. The minimum Gasteiger partial charge on any atom is -0.339 e. The Bertz CT molecular complexity index is 829. The monoisotopic (exact) mass is 380 g/mol. The molecule has 2 aliphatic rings. The standard InChI is InChI=1S/C16H20N4O5S/c1-26(24,25)18-12-6-8-19(9-7-12)15(22)11-2-4-13(5-3-11)20-10-14(21)17-16(20)23/h2-5,12,18H,6-10H2,1H3,(H,17,21,23). The van der Waals surface area contributed by atoms with Gasteiger partial charge in [-0.1, -0.05) is 0 Å². The summed E-state index contributed by atoms with van der Waals surface area (Å²) in [6.45, 7) is 0.903. The third kappa shape index (κ3) is 4.20. The van der Waals surface area contributed by atoms with E-state index in [1.165, 1.54) is 4.90 Å². The molecule has 2 saturated heterocycles. The van der Waals surface area contributed by atoms with Crippen LogP contribution in [-0.2, 0) is 14.8 Å². The number of imide groups is 1. The van der Waals surface area contributed by atoms with Gasteiger partial charge in [-0.2, -0.15) is 0 Å². The van der Waals surface area contributed by atoms with Crippen molar-refractivity contribution in [3.8, 4) is 0 Å². The van der Waals surface area contributed by atoms with Gasteiger partial charge in [0.15, 0.2) is 0 Å². The van der Waals surface area contributed by atoms with Gasteiger partial charge in [0.1, 0.15) is 6.54 Å². The number of hydrogen-bond acceptors (Lipinski definition) is 5. The third-order valence-electron chi connectivity index (χ3n) is 4.38. The first-order valence-electron chi connectivity index (χ1n) is 8.21. The van der Waals surface area contributed by atoms with Crippen LogP contribution in [0.4, 0.5) is 10.5 Å². The van der Waals surface area contributed by atoms with E-state index in [9.17, 15) is 22.8 Å². The summed E-state index contributed by atoms with van der Waals surface area (Å²) in [6.07, 6.45) is 2.25. The number of nitrogens with zero attached hydrogens (tertiary/aromatic N) is 2. The molecule has 2 fully saturated rings. The van der Waals surface area contributed by atoms with Crippen molar-refractivity contribution in [3.63, 3.8) is 0 Å². The van der Waals surface area contributed by atoms with E-state index in [0.29, 0.717) is 37.2 Å². The second-order valence-electron chi connectivity index (χ2n) is 6.44. The Kier molecular flexibility index (Phi) is 4.97. The predicted molar refractivity (Wildman–Crippen MR) is 94.2 cm³/mol. The molecular formula is C16H20N4O5S. The van der Waals surface area contributed by atoms with Crippen molar-refractivity contribution in [2.45, 2.75) is 18.9 Å². The first-order valence-corrected chi connectivity index (χ1v) is 10.1. The van der Waals surface area contributed by atoms with E-state index in [2.05, 4.69) is 10.0 Å². The first-order chi connectivity index (χ1) is 12.2. The highest BCUT2D eigenvalue weighted by atomic mass is 32.2. The lowest BCUT2D eigenvalue weighted by Crippen LogP contribution is -2.46. The molecule has 9 nitrogen and oxygen atoms in total. The molecule has 2 heterocycles. The topological polar surface area (TPSA) is 116 Å². The zero-order valence-electron chi connectivity index (χ0n) is 14.3. The summed E-state index contributed by atoms with van der Waals surface area (Å²) in [7, 11) is -3.25. The molecule has 0 radical (unpaired) electrons. The number of hydrogen-bond donors (Lipinski definition) is 2. The van der Waals surface area contributed by atoms with Crippen molar-refractivity contribution < 1.29 is 22.8 Å². The molecule has 0 unspecified atom stereocenters. The minimum absolute atomic E-state index is 0.0347. The summed E-state index contributed by atoms with van der Waals surface area (Å²) in [5, 5.41) is 2.20. The first kappa shape index (κ1) is 18.3. The van der Waals surface area contributed by atoms with Crippen molar-refractivity contribution in [1.82, 2.24) is 14.9 Å². The number of anilines is 1. The maximum Gasteiger partial charge on any atom is 0.329 e. The zero-order valence-corrected chi connectivity index (χ0v) is 15.1. The van der Waals surface area contributed by atoms with Gasteiger partial charge < -0.3 is 4.90 Å². The number of nitrogens with one attached hydrogen (secondary N) is 2. The lowest BCUT2D eigenvalue weighted by molar-refractivity contribution is -0.117. The predicted octanol–water partition coefficient (Wildman–Crippen LogP) is -0.103. The van der Waals surface area contributed by atoms with Crippen molar-refractivity contribution >= 4 is 33.6 Å². The number of amides is 4. The molecule has 10 heteroatoms. The lowest BCUT2D eigenvalue weighted by atomic mass is 10.0. The summed E-state index contributed by atoms with van der Waals surface area (Å²) >= 11 is 0. The fourth-order valence-corrected chi connectivity index (χ4v) is 3.96. The van der Waals surface area contributed by atoms with Crippen LogP contribution in [0.5, 0.6) is 0 Å². The average molecular weight is 380 g/mol. The lowest BCUT2D eigenvalue weighted by Gasteiger charge is -2.32. The van der Waals surface area contributed by atoms with E-state index in [1.807, 2.05) is 0 Å².